The second kappa shape index (κ2) is 21.9. The van der Waals surface area contributed by atoms with E-state index < -0.39 is 7.92 Å². The van der Waals surface area contributed by atoms with Gasteiger partial charge in [-0.1, -0.05) is 91.0 Å². The average Bonchev–Trinajstić information content (AvgIpc) is 3.80. The number of benzene rings is 3. The maximum Gasteiger partial charge on any atom is -0.0134 e. The molecule has 15 radical (unpaired) electrons. The van der Waals surface area contributed by atoms with Gasteiger partial charge in [-0.15, -0.1) is 0 Å². The molecule has 3 aliphatic carbocycles. The molecule has 3 aromatic rings. The molecule has 0 aromatic heterocycles. The van der Waals surface area contributed by atoms with Crippen LogP contribution in [0.4, 0.5) is 0 Å². The van der Waals surface area contributed by atoms with Gasteiger partial charge in [-0.05, 0) is 120 Å². The fraction of sp³-hybridized carbons (Fsp3) is 0. The van der Waals surface area contributed by atoms with Crippen LogP contribution < -0.4 is 15.9 Å². The smallest absolute Gasteiger partial charge is 0.0134 e. The van der Waals surface area contributed by atoms with Crippen molar-refractivity contribution in [2.75, 3.05) is 0 Å². The molecule has 0 saturated heterocycles. The fourth-order valence-corrected chi connectivity index (χ4v) is 5.45. The van der Waals surface area contributed by atoms with E-state index in [-0.39, 0.29) is 29.1 Å². The Morgan fingerprint density at radius 1 is 0.306 bits per heavy atom. The molecule has 0 aliphatic heterocycles. The first-order valence-electron chi connectivity index (χ1n) is 11.6. The van der Waals surface area contributed by atoms with Crippen LogP contribution >= 0.6 is 7.92 Å². The molecule has 36 heavy (non-hydrogen) atoms. The van der Waals surface area contributed by atoms with Crippen LogP contribution in [0.3, 0.4) is 0 Å². The molecule has 0 unspecified atom stereocenters. The van der Waals surface area contributed by atoms with Gasteiger partial charge in [0.1, 0.15) is 0 Å². The molecule has 3 fully saturated rings. The topological polar surface area (TPSA) is 23.8 Å². The molecule has 0 atom stereocenters. The van der Waals surface area contributed by atoms with Crippen molar-refractivity contribution in [2.45, 2.75) is 0 Å². The Kier molecular flexibility index (Phi) is 18.9. The molecule has 0 spiro atoms. The second-order valence-electron chi connectivity index (χ2n) is 7.23. The third kappa shape index (κ3) is 13.4. The van der Waals surface area contributed by atoms with Gasteiger partial charge in [0.15, 0.2) is 0 Å². The summed E-state index contributed by atoms with van der Waals surface area (Å²) in [5, 5.41) is 4.19. The van der Waals surface area contributed by atoms with Gasteiger partial charge >= 0.3 is 31.6 Å². The fourth-order valence-electron chi connectivity index (χ4n) is 3.14. The first-order chi connectivity index (χ1) is 17.9. The van der Waals surface area contributed by atoms with Crippen LogP contribution in [0.1, 0.15) is 0 Å². The SMILES string of the molecule is [CH]1[CH][CH][CH][CH]1.[CH]1[CH][CH][CH][CH]1.[CH]1[CH][CH][CH][CH]1.[N]#[U].c1ccc(P(c2ccccc2)c2ccccc2)cc1. The van der Waals surface area contributed by atoms with Crippen LogP contribution in [0.2, 0.25) is 0 Å². The summed E-state index contributed by atoms with van der Waals surface area (Å²) in [6.07, 6.45) is 30.0. The van der Waals surface area contributed by atoms with E-state index in [4.69, 9.17) is 2.48 Å². The van der Waals surface area contributed by atoms with Gasteiger partial charge in [0.05, 0.1) is 0 Å². The summed E-state index contributed by atoms with van der Waals surface area (Å²) in [7, 11) is -0.446. The maximum atomic E-state index is 7.17. The standard InChI is InChI=1S/C18H15P.3C5H5.N.U/c1-4-10-16(11-5-1)19(17-12-6-2-7-13-17)18-14-8-3-9-15-18;3*1-2-4-5-3-1;;/h1-15H;3*1-5H;;. The molecule has 3 saturated carbocycles. The van der Waals surface area contributed by atoms with Gasteiger partial charge in [0, 0.05) is 0 Å². The van der Waals surface area contributed by atoms with Gasteiger partial charge in [0.2, 0.25) is 0 Å². The van der Waals surface area contributed by atoms with E-state index in [9.17, 15) is 0 Å². The van der Waals surface area contributed by atoms with E-state index in [1.54, 1.807) is 0 Å². The van der Waals surface area contributed by atoms with Crippen molar-refractivity contribution >= 4 is 23.8 Å². The van der Waals surface area contributed by atoms with E-state index in [1.807, 2.05) is 96.3 Å². The minimum atomic E-state index is -0.446. The van der Waals surface area contributed by atoms with Crippen molar-refractivity contribution in [3.63, 3.8) is 0 Å². The first-order valence-corrected chi connectivity index (χ1v) is 14.8. The third-order valence-electron chi connectivity index (χ3n) is 4.71. The van der Waals surface area contributed by atoms with Gasteiger partial charge < -0.3 is 0 Å². The Hall–Kier alpha value is -1.15. The van der Waals surface area contributed by atoms with Gasteiger partial charge in [0.25, 0.3) is 0 Å². The van der Waals surface area contributed by atoms with Crippen LogP contribution in [0, 0.1) is 128 Å². The van der Waals surface area contributed by atoms with Crippen molar-refractivity contribution in [3.8, 4) is 0 Å². The summed E-state index contributed by atoms with van der Waals surface area (Å²) >= 11 is 0.158. The largest absolute Gasteiger partial charge is 0.0622 e. The van der Waals surface area contributed by atoms with Crippen LogP contribution in [-0.2, 0) is 0 Å². The Bertz CT molecular complexity index is 745. The number of hydrogen-bond acceptors (Lipinski definition) is 1. The summed E-state index contributed by atoms with van der Waals surface area (Å²) < 4.78 is 7.17. The molecule has 3 aliphatic rings. The quantitative estimate of drug-likeness (QED) is 0.284. The predicted molar refractivity (Wildman–Crippen MR) is 151 cm³/mol. The van der Waals surface area contributed by atoms with Gasteiger partial charge in [-0.3, -0.25) is 0 Å². The van der Waals surface area contributed by atoms with E-state index in [2.05, 4.69) is 91.0 Å². The van der Waals surface area contributed by atoms with Crippen molar-refractivity contribution in [3.05, 3.63) is 187 Å². The van der Waals surface area contributed by atoms with Crippen LogP contribution in [0.15, 0.2) is 91.0 Å². The Balaban J connectivity index is 0.000000216. The number of hydrogen-bond donors (Lipinski definition) is 0. The molecule has 0 amide bonds. The molecule has 1 nitrogen and oxygen atoms in total. The van der Waals surface area contributed by atoms with Crippen molar-refractivity contribution in [1.29, 1.82) is 2.48 Å². The number of rotatable bonds is 3. The average molecular weight is 710 g/mol. The molecule has 6 rings (SSSR count). The molecule has 0 heterocycles. The third-order valence-corrected chi connectivity index (χ3v) is 7.15. The second-order valence-corrected chi connectivity index (χ2v) is 9.45. The summed E-state index contributed by atoms with van der Waals surface area (Å²) in [6, 6.07) is 32.3. The summed E-state index contributed by atoms with van der Waals surface area (Å²) in [5.74, 6) is 0. The molecular formula is C33H30NPU. The van der Waals surface area contributed by atoms with E-state index in [0.29, 0.717) is 0 Å². The number of nitrogens with zero attached hydrogens (tertiary/aromatic N) is 1. The molecule has 3 aromatic carbocycles. The van der Waals surface area contributed by atoms with E-state index in [0.717, 1.165) is 0 Å². The zero-order valence-electron chi connectivity index (χ0n) is 20.2. The molecule has 176 valence electrons. The predicted octanol–water partition coefficient (Wildman–Crippen LogP) is 6.52. The Labute approximate surface area is 241 Å². The minimum absolute atomic E-state index is 0.158. The zero-order chi connectivity index (χ0) is 25.5. The van der Waals surface area contributed by atoms with Gasteiger partial charge in [-0.2, -0.15) is 0 Å². The Morgan fingerprint density at radius 2 is 0.472 bits per heavy atom. The van der Waals surface area contributed by atoms with Crippen LogP contribution in [0.25, 0.3) is 0 Å². The van der Waals surface area contributed by atoms with Crippen molar-refractivity contribution < 1.29 is 29.1 Å². The summed E-state index contributed by atoms with van der Waals surface area (Å²) in [4.78, 5) is 0. The molecule has 0 bridgehead atoms. The van der Waals surface area contributed by atoms with Crippen LogP contribution in [0.5, 0.6) is 0 Å². The monoisotopic (exact) mass is 709 g/mol. The normalized spacial score (nSPS) is 15.7. The van der Waals surface area contributed by atoms with E-state index >= 15 is 0 Å². The summed E-state index contributed by atoms with van der Waals surface area (Å²) in [5.41, 5.74) is 0. The first kappa shape index (κ1) is 31.1. The van der Waals surface area contributed by atoms with Crippen molar-refractivity contribution in [1.82, 2.24) is 0 Å². The van der Waals surface area contributed by atoms with Crippen molar-refractivity contribution in [2.24, 2.45) is 0 Å². The molecular weight excluding hydrogens is 679 g/mol. The van der Waals surface area contributed by atoms with Gasteiger partial charge in [-0.25, -0.2) is 0 Å². The molecule has 0 N–H and O–H groups in total. The minimum Gasteiger partial charge on any atom is -0.0622 e. The van der Waals surface area contributed by atoms with E-state index in [1.165, 1.54) is 15.9 Å². The van der Waals surface area contributed by atoms with Crippen LogP contribution in [-0.4, -0.2) is 0 Å². The summed E-state index contributed by atoms with van der Waals surface area (Å²) in [6.45, 7) is 0. The molecule has 3 heteroatoms. The Morgan fingerprint density at radius 3 is 0.639 bits per heavy atom. The zero-order valence-corrected chi connectivity index (χ0v) is 25.3. The maximum absolute atomic E-state index is 7.17.